The highest BCUT2D eigenvalue weighted by Crippen LogP contribution is 2.33. The van der Waals surface area contributed by atoms with Crippen molar-refractivity contribution in [1.29, 1.82) is 0 Å². The van der Waals surface area contributed by atoms with Crippen molar-refractivity contribution in [3.63, 3.8) is 0 Å². The van der Waals surface area contributed by atoms with E-state index in [1.165, 1.54) is 0 Å². The van der Waals surface area contributed by atoms with E-state index in [0.29, 0.717) is 45.4 Å². The average molecular weight is 412 g/mol. The molecule has 31 heavy (non-hydrogen) atoms. The van der Waals surface area contributed by atoms with Crippen molar-refractivity contribution in [3.8, 4) is 0 Å². The monoisotopic (exact) mass is 412 g/mol. The van der Waals surface area contributed by atoms with E-state index in [9.17, 15) is 14.4 Å². The first kappa shape index (κ1) is 20.7. The zero-order chi connectivity index (χ0) is 22.3. The van der Waals surface area contributed by atoms with Gasteiger partial charge in [0.1, 0.15) is 6.61 Å². The van der Waals surface area contributed by atoms with Crippen LogP contribution in [0.15, 0.2) is 48.5 Å². The average Bonchev–Trinajstić information content (AvgIpc) is 2.76. The van der Waals surface area contributed by atoms with Gasteiger partial charge in [0.05, 0.1) is 5.56 Å². The molecule has 3 aromatic carbocycles. The molecular weight excluding hydrogens is 388 g/mol. The molecule has 0 N–H and O–H groups in total. The molecule has 0 unspecified atom stereocenters. The summed E-state index contributed by atoms with van der Waals surface area (Å²) in [6, 6.07) is 14.4. The molecule has 0 spiro atoms. The fourth-order valence-electron chi connectivity index (χ4n) is 4.41. The lowest BCUT2D eigenvalue weighted by Crippen LogP contribution is -2.25. The fourth-order valence-corrected chi connectivity index (χ4v) is 4.41. The quantitative estimate of drug-likeness (QED) is 0.427. The third-order valence-corrected chi connectivity index (χ3v) is 6.07. The predicted octanol–water partition coefficient (Wildman–Crippen LogP) is 5.31. The summed E-state index contributed by atoms with van der Waals surface area (Å²) in [6.45, 7) is 7.80. The summed E-state index contributed by atoms with van der Waals surface area (Å²) in [5.41, 5.74) is 6.18. The molecule has 156 valence electrons. The van der Waals surface area contributed by atoms with E-state index in [1.54, 1.807) is 37.3 Å². The number of benzene rings is 3. The van der Waals surface area contributed by atoms with Crippen LogP contribution >= 0.6 is 0 Å². The number of ether oxygens (including phenoxy) is 1. The number of aryl methyl sites for hydroxylation is 3. The van der Waals surface area contributed by atoms with E-state index < -0.39 is 5.97 Å². The third kappa shape index (κ3) is 3.38. The van der Waals surface area contributed by atoms with Gasteiger partial charge in [-0.05, 0) is 61.1 Å². The number of fused-ring (bicyclic) bond motifs is 2. The Hall–Kier alpha value is -3.53. The van der Waals surface area contributed by atoms with Crippen molar-refractivity contribution in [2.75, 3.05) is 0 Å². The minimum Gasteiger partial charge on any atom is -0.457 e. The second-order valence-corrected chi connectivity index (χ2v) is 7.97. The number of carbonyl (C=O) groups is 3. The van der Waals surface area contributed by atoms with Gasteiger partial charge in [-0.25, -0.2) is 4.79 Å². The van der Waals surface area contributed by atoms with Crippen molar-refractivity contribution in [2.24, 2.45) is 0 Å². The van der Waals surface area contributed by atoms with Crippen molar-refractivity contribution in [3.05, 3.63) is 104 Å². The van der Waals surface area contributed by atoms with Crippen LogP contribution in [0.25, 0.3) is 0 Å². The molecular formula is C27H24O4. The van der Waals surface area contributed by atoms with Gasteiger partial charge in [-0.1, -0.05) is 49.4 Å². The molecule has 0 radical (unpaired) electrons. The van der Waals surface area contributed by atoms with Gasteiger partial charge in [-0.2, -0.15) is 0 Å². The molecule has 0 aliphatic heterocycles. The Morgan fingerprint density at radius 2 is 1.39 bits per heavy atom. The van der Waals surface area contributed by atoms with E-state index in [1.807, 2.05) is 39.0 Å². The van der Waals surface area contributed by atoms with Crippen LogP contribution in [0.3, 0.4) is 0 Å². The summed E-state index contributed by atoms with van der Waals surface area (Å²) in [5, 5.41) is 0. The van der Waals surface area contributed by atoms with Gasteiger partial charge < -0.3 is 4.74 Å². The van der Waals surface area contributed by atoms with Crippen LogP contribution in [0.2, 0.25) is 0 Å². The van der Waals surface area contributed by atoms with Crippen LogP contribution in [0.5, 0.6) is 0 Å². The molecule has 3 aromatic rings. The smallest absolute Gasteiger partial charge is 0.339 e. The molecule has 0 atom stereocenters. The van der Waals surface area contributed by atoms with Crippen molar-refractivity contribution < 1.29 is 19.1 Å². The summed E-state index contributed by atoms with van der Waals surface area (Å²) in [5.74, 6) is -0.872. The highest BCUT2D eigenvalue weighted by atomic mass is 16.5. The minimum atomic E-state index is -0.473. The summed E-state index contributed by atoms with van der Waals surface area (Å²) < 4.78 is 5.69. The number of hydrogen-bond acceptors (Lipinski definition) is 4. The first-order valence-corrected chi connectivity index (χ1v) is 10.4. The maximum atomic E-state index is 13.3. The second kappa shape index (κ2) is 7.95. The van der Waals surface area contributed by atoms with E-state index in [0.717, 1.165) is 16.7 Å². The number of rotatable bonds is 4. The first-order valence-electron chi connectivity index (χ1n) is 10.4. The molecule has 0 heterocycles. The number of hydrogen-bond donors (Lipinski definition) is 0. The van der Waals surface area contributed by atoms with Crippen LogP contribution in [-0.2, 0) is 17.8 Å². The highest BCUT2D eigenvalue weighted by molar-refractivity contribution is 6.29. The van der Waals surface area contributed by atoms with Gasteiger partial charge in [-0.15, -0.1) is 0 Å². The van der Waals surface area contributed by atoms with Gasteiger partial charge in [0.2, 0.25) is 0 Å². The topological polar surface area (TPSA) is 60.4 Å². The summed E-state index contributed by atoms with van der Waals surface area (Å²) in [7, 11) is 0. The SMILES string of the molecule is CCc1c(C(=O)OCc2c(C)cccc2C)c(C)cc2c1C(=O)c1ccccc1C2=O. The zero-order valence-corrected chi connectivity index (χ0v) is 18.2. The second-order valence-electron chi connectivity index (χ2n) is 7.97. The molecule has 0 amide bonds. The standard InChI is InChI=1S/C27H24O4/c1-5-18-23(27(30)31-14-22-15(2)9-8-10-16(22)3)17(4)13-21-24(18)26(29)20-12-7-6-11-19(20)25(21)28/h6-13H,5,14H2,1-4H3. The third-order valence-electron chi connectivity index (χ3n) is 6.07. The number of esters is 1. The lowest BCUT2D eigenvalue weighted by Gasteiger charge is -2.23. The van der Waals surface area contributed by atoms with Crippen LogP contribution in [0.4, 0.5) is 0 Å². The Labute approximate surface area is 181 Å². The summed E-state index contributed by atoms with van der Waals surface area (Å²) >= 11 is 0. The van der Waals surface area contributed by atoms with E-state index in [2.05, 4.69) is 0 Å². The molecule has 1 aliphatic carbocycles. The van der Waals surface area contributed by atoms with Crippen LogP contribution in [0.1, 0.15) is 76.9 Å². The Balaban J connectivity index is 1.77. The molecule has 0 bridgehead atoms. The van der Waals surface area contributed by atoms with Gasteiger partial charge in [0.25, 0.3) is 0 Å². The molecule has 0 fully saturated rings. The van der Waals surface area contributed by atoms with Crippen molar-refractivity contribution >= 4 is 17.5 Å². The summed E-state index contributed by atoms with van der Waals surface area (Å²) in [6.07, 6.45) is 0.443. The van der Waals surface area contributed by atoms with Crippen LogP contribution in [-0.4, -0.2) is 17.5 Å². The maximum Gasteiger partial charge on any atom is 0.339 e. The van der Waals surface area contributed by atoms with Gasteiger partial charge in [0.15, 0.2) is 11.6 Å². The van der Waals surface area contributed by atoms with Gasteiger partial charge in [0, 0.05) is 22.3 Å². The lowest BCUT2D eigenvalue weighted by atomic mass is 9.78. The molecule has 4 rings (SSSR count). The van der Waals surface area contributed by atoms with Crippen molar-refractivity contribution in [1.82, 2.24) is 0 Å². The normalized spacial score (nSPS) is 12.4. The number of ketones is 2. The van der Waals surface area contributed by atoms with Gasteiger partial charge >= 0.3 is 5.97 Å². The highest BCUT2D eigenvalue weighted by Gasteiger charge is 2.34. The Morgan fingerprint density at radius 1 is 0.774 bits per heavy atom. The molecule has 1 aliphatic rings. The van der Waals surface area contributed by atoms with Crippen LogP contribution in [0, 0.1) is 20.8 Å². The summed E-state index contributed by atoms with van der Waals surface area (Å²) in [4.78, 5) is 39.5. The Bertz CT molecular complexity index is 1230. The maximum absolute atomic E-state index is 13.3. The zero-order valence-electron chi connectivity index (χ0n) is 18.2. The minimum absolute atomic E-state index is 0.159. The number of carbonyl (C=O) groups excluding carboxylic acids is 3. The molecule has 4 heteroatoms. The molecule has 0 aromatic heterocycles. The first-order chi connectivity index (χ1) is 14.8. The van der Waals surface area contributed by atoms with E-state index >= 15 is 0 Å². The van der Waals surface area contributed by atoms with Crippen LogP contribution < -0.4 is 0 Å². The Kier molecular flexibility index (Phi) is 5.32. The molecule has 0 saturated heterocycles. The van der Waals surface area contributed by atoms with E-state index in [4.69, 9.17) is 4.74 Å². The van der Waals surface area contributed by atoms with Gasteiger partial charge in [-0.3, -0.25) is 9.59 Å². The molecule has 4 nitrogen and oxygen atoms in total. The predicted molar refractivity (Wildman–Crippen MR) is 119 cm³/mol. The largest absolute Gasteiger partial charge is 0.457 e. The lowest BCUT2D eigenvalue weighted by molar-refractivity contribution is 0.0469. The van der Waals surface area contributed by atoms with Crippen molar-refractivity contribution in [2.45, 2.75) is 40.7 Å². The Morgan fingerprint density at radius 3 is 2.00 bits per heavy atom. The van der Waals surface area contributed by atoms with E-state index in [-0.39, 0.29) is 18.2 Å². The molecule has 0 saturated carbocycles. The fraction of sp³-hybridized carbons (Fsp3) is 0.222.